The highest BCUT2D eigenvalue weighted by Crippen LogP contribution is 2.13. The number of para-hydroxylation sites is 1. The van der Waals surface area contributed by atoms with Crippen LogP contribution in [0.2, 0.25) is 0 Å². The van der Waals surface area contributed by atoms with Crippen LogP contribution < -0.4 is 10.4 Å². The molecule has 0 unspecified atom stereocenters. The Balaban J connectivity index is 1.74. The predicted octanol–water partition coefficient (Wildman–Crippen LogP) is 2.13. The summed E-state index contributed by atoms with van der Waals surface area (Å²) in [7, 11) is 1.81. The Morgan fingerprint density at radius 1 is 1.43 bits per heavy atom. The van der Waals surface area contributed by atoms with Crippen LogP contribution in [-0.4, -0.2) is 38.4 Å². The number of hydrogen-bond donors (Lipinski definition) is 1. The van der Waals surface area contributed by atoms with E-state index in [9.17, 15) is 4.79 Å². The number of nitrogens with one attached hydrogen (secondary N) is 1. The summed E-state index contributed by atoms with van der Waals surface area (Å²) in [6.45, 7) is 3.03. The van der Waals surface area contributed by atoms with E-state index in [1.165, 1.54) is 6.42 Å². The largest absolute Gasteiger partial charge is 0.376 e. The van der Waals surface area contributed by atoms with Gasteiger partial charge in [0.1, 0.15) is 6.10 Å². The summed E-state index contributed by atoms with van der Waals surface area (Å²) in [6.07, 6.45) is 2.93. The van der Waals surface area contributed by atoms with E-state index >= 15 is 0 Å². The molecule has 1 aromatic carbocycles. The number of carbonyl (C=O) groups is 1. The highest BCUT2D eigenvalue weighted by Gasteiger charge is 2.19. The fourth-order valence-corrected chi connectivity index (χ4v) is 2.24. The monoisotopic (exact) mass is 292 g/mol. The number of carbonyl (C=O) groups excluding carboxylic acids is 1. The molecule has 1 saturated heterocycles. The summed E-state index contributed by atoms with van der Waals surface area (Å²) in [5, 5.41) is 1.69. The Labute approximate surface area is 126 Å². The van der Waals surface area contributed by atoms with E-state index in [4.69, 9.17) is 9.47 Å². The third-order valence-corrected chi connectivity index (χ3v) is 3.60. The number of anilines is 1. The molecular formula is C16H24N2O3. The van der Waals surface area contributed by atoms with Gasteiger partial charge in [-0.05, 0) is 38.3 Å². The molecule has 1 aliphatic rings. The molecule has 0 saturated carbocycles. The first-order chi connectivity index (χ1) is 10.2. The number of nitrogens with zero attached hydrogens (tertiary/aromatic N) is 1. The number of amides is 1. The fraction of sp³-hybridized carbons (Fsp3) is 0.562. The first kappa shape index (κ1) is 15.8. The van der Waals surface area contributed by atoms with Crippen molar-refractivity contribution in [2.24, 2.45) is 0 Å². The maximum atomic E-state index is 12.1. The van der Waals surface area contributed by atoms with E-state index in [1.807, 2.05) is 37.4 Å². The van der Waals surface area contributed by atoms with Crippen LogP contribution in [-0.2, 0) is 14.3 Å². The van der Waals surface area contributed by atoms with E-state index in [0.29, 0.717) is 6.61 Å². The van der Waals surface area contributed by atoms with Gasteiger partial charge < -0.3 is 9.47 Å². The molecular weight excluding hydrogens is 268 g/mol. The van der Waals surface area contributed by atoms with Crippen LogP contribution in [0.5, 0.6) is 0 Å². The molecule has 1 amide bonds. The topological polar surface area (TPSA) is 50.8 Å². The van der Waals surface area contributed by atoms with Gasteiger partial charge in [0.2, 0.25) is 0 Å². The molecule has 0 aromatic heterocycles. The molecule has 5 nitrogen and oxygen atoms in total. The van der Waals surface area contributed by atoms with Crippen LogP contribution in [0.1, 0.15) is 26.2 Å². The van der Waals surface area contributed by atoms with Crippen LogP contribution in [0, 0.1) is 0 Å². The molecule has 1 fully saturated rings. The molecule has 1 aromatic rings. The van der Waals surface area contributed by atoms with Crippen LogP contribution in [0.4, 0.5) is 5.69 Å². The molecule has 0 spiro atoms. The highest BCUT2D eigenvalue weighted by molar-refractivity contribution is 5.81. The zero-order valence-electron chi connectivity index (χ0n) is 12.7. The third-order valence-electron chi connectivity index (χ3n) is 3.60. The first-order valence-electron chi connectivity index (χ1n) is 7.49. The van der Waals surface area contributed by atoms with Crippen molar-refractivity contribution in [2.75, 3.05) is 25.3 Å². The Morgan fingerprint density at radius 3 is 2.86 bits per heavy atom. The van der Waals surface area contributed by atoms with E-state index in [1.54, 1.807) is 11.9 Å². The van der Waals surface area contributed by atoms with Crippen molar-refractivity contribution >= 4 is 11.6 Å². The zero-order chi connectivity index (χ0) is 15.1. The van der Waals surface area contributed by atoms with Gasteiger partial charge in [0.05, 0.1) is 18.4 Å². The van der Waals surface area contributed by atoms with Crippen LogP contribution in [0.3, 0.4) is 0 Å². The lowest BCUT2D eigenvalue weighted by Gasteiger charge is -2.25. The average molecular weight is 292 g/mol. The van der Waals surface area contributed by atoms with Crippen molar-refractivity contribution in [3.8, 4) is 0 Å². The van der Waals surface area contributed by atoms with Crippen LogP contribution in [0.25, 0.3) is 0 Å². The predicted molar refractivity (Wildman–Crippen MR) is 82.0 cm³/mol. The van der Waals surface area contributed by atoms with Crippen molar-refractivity contribution in [2.45, 2.75) is 38.4 Å². The number of benzene rings is 1. The SMILES string of the molecule is C[C@@H](OC[C@H]1CCCCO1)C(=O)NN(C)c1ccccc1. The maximum Gasteiger partial charge on any atom is 0.267 e. The second kappa shape index (κ2) is 8.00. The van der Waals surface area contributed by atoms with Gasteiger partial charge in [-0.25, -0.2) is 0 Å². The van der Waals surface area contributed by atoms with Crippen LogP contribution >= 0.6 is 0 Å². The molecule has 116 valence electrons. The van der Waals surface area contributed by atoms with Crippen molar-refractivity contribution in [3.05, 3.63) is 30.3 Å². The molecule has 1 N–H and O–H groups in total. The summed E-state index contributed by atoms with van der Waals surface area (Å²) in [4.78, 5) is 12.1. The minimum absolute atomic E-state index is 0.126. The Morgan fingerprint density at radius 2 is 2.19 bits per heavy atom. The lowest BCUT2D eigenvalue weighted by molar-refractivity contribution is -0.135. The number of rotatable bonds is 6. The maximum absolute atomic E-state index is 12.1. The van der Waals surface area contributed by atoms with Gasteiger partial charge in [0.25, 0.3) is 5.91 Å². The molecule has 0 aliphatic carbocycles. The van der Waals surface area contributed by atoms with E-state index in [2.05, 4.69) is 5.43 Å². The van der Waals surface area contributed by atoms with E-state index < -0.39 is 6.10 Å². The van der Waals surface area contributed by atoms with Gasteiger partial charge in [-0.1, -0.05) is 18.2 Å². The summed E-state index contributed by atoms with van der Waals surface area (Å²) in [6, 6.07) is 9.66. The Hall–Kier alpha value is -1.59. The van der Waals surface area contributed by atoms with Crippen molar-refractivity contribution < 1.29 is 14.3 Å². The Bertz CT molecular complexity index is 432. The standard InChI is InChI=1S/C16H24N2O3/c1-13(21-12-15-10-6-7-11-20-15)16(19)17-18(2)14-8-4-3-5-9-14/h3-5,8-9,13,15H,6-7,10-12H2,1-2H3,(H,17,19)/t13-,15-/m1/s1. The smallest absolute Gasteiger partial charge is 0.267 e. The average Bonchev–Trinajstić information content (AvgIpc) is 2.54. The van der Waals surface area contributed by atoms with Gasteiger partial charge in [-0.15, -0.1) is 0 Å². The molecule has 0 radical (unpaired) electrons. The quantitative estimate of drug-likeness (QED) is 0.816. The molecule has 1 aliphatic heterocycles. The van der Waals surface area contributed by atoms with Gasteiger partial charge in [0, 0.05) is 13.7 Å². The van der Waals surface area contributed by atoms with E-state index in [-0.39, 0.29) is 12.0 Å². The summed E-state index contributed by atoms with van der Waals surface area (Å²) in [5.74, 6) is -0.155. The molecule has 2 atom stereocenters. The fourth-order valence-electron chi connectivity index (χ4n) is 2.24. The summed E-state index contributed by atoms with van der Waals surface area (Å²) < 4.78 is 11.2. The normalized spacial score (nSPS) is 19.8. The number of hydrazine groups is 1. The lowest BCUT2D eigenvalue weighted by atomic mass is 10.1. The second-order valence-corrected chi connectivity index (χ2v) is 5.33. The lowest BCUT2D eigenvalue weighted by Crippen LogP contribution is -2.45. The van der Waals surface area contributed by atoms with Crippen LogP contribution in [0.15, 0.2) is 30.3 Å². The second-order valence-electron chi connectivity index (χ2n) is 5.33. The van der Waals surface area contributed by atoms with Crippen molar-refractivity contribution in [1.82, 2.24) is 5.43 Å². The molecule has 2 rings (SSSR count). The summed E-state index contributed by atoms with van der Waals surface area (Å²) in [5.41, 5.74) is 3.74. The number of hydrogen-bond acceptors (Lipinski definition) is 4. The van der Waals surface area contributed by atoms with Gasteiger partial charge >= 0.3 is 0 Å². The number of ether oxygens (including phenoxy) is 2. The minimum Gasteiger partial charge on any atom is -0.376 e. The third kappa shape index (κ3) is 5.02. The molecule has 0 bridgehead atoms. The first-order valence-corrected chi connectivity index (χ1v) is 7.49. The molecule has 21 heavy (non-hydrogen) atoms. The van der Waals surface area contributed by atoms with Gasteiger partial charge in [0.15, 0.2) is 0 Å². The molecule has 1 heterocycles. The van der Waals surface area contributed by atoms with E-state index in [0.717, 1.165) is 25.1 Å². The minimum atomic E-state index is -0.498. The van der Waals surface area contributed by atoms with Gasteiger partial charge in [-0.3, -0.25) is 15.2 Å². The molecule has 5 heteroatoms. The summed E-state index contributed by atoms with van der Waals surface area (Å²) >= 11 is 0. The zero-order valence-corrected chi connectivity index (χ0v) is 12.7. The van der Waals surface area contributed by atoms with Crippen molar-refractivity contribution in [1.29, 1.82) is 0 Å². The highest BCUT2D eigenvalue weighted by atomic mass is 16.5. The van der Waals surface area contributed by atoms with Crippen molar-refractivity contribution in [3.63, 3.8) is 0 Å². The Kier molecular flexibility index (Phi) is 6.02. The van der Waals surface area contributed by atoms with Gasteiger partial charge in [-0.2, -0.15) is 0 Å².